The molecule has 114 valence electrons. The first-order valence-corrected chi connectivity index (χ1v) is 6.77. The number of esters is 2. The first kappa shape index (κ1) is 14.2. The summed E-state index contributed by atoms with van der Waals surface area (Å²) >= 11 is 0. The summed E-state index contributed by atoms with van der Waals surface area (Å²) in [5, 5.41) is 4.32. The number of hydrogen-bond acceptors (Lipinski definition) is 6. The minimum Gasteiger partial charge on any atom is -0.419 e. The van der Waals surface area contributed by atoms with E-state index in [2.05, 4.69) is 10.1 Å². The monoisotopic (exact) mass is 301 g/mol. The van der Waals surface area contributed by atoms with Gasteiger partial charge in [0.05, 0.1) is 17.6 Å². The Bertz CT molecular complexity index is 811. The van der Waals surface area contributed by atoms with Gasteiger partial charge in [-0.3, -0.25) is 0 Å². The van der Waals surface area contributed by atoms with Crippen molar-refractivity contribution in [2.75, 3.05) is 0 Å². The summed E-state index contributed by atoms with van der Waals surface area (Å²) in [7, 11) is 0. The van der Waals surface area contributed by atoms with Gasteiger partial charge in [-0.05, 0) is 31.6 Å². The molecule has 3 heterocycles. The van der Waals surface area contributed by atoms with Crippen molar-refractivity contribution in [2.45, 2.75) is 33.5 Å². The molecule has 3 rings (SSSR count). The van der Waals surface area contributed by atoms with Crippen molar-refractivity contribution in [3.05, 3.63) is 34.8 Å². The summed E-state index contributed by atoms with van der Waals surface area (Å²) in [4.78, 5) is 28.2. The molecule has 7 nitrogen and oxygen atoms in total. The van der Waals surface area contributed by atoms with Gasteiger partial charge in [-0.2, -0.15) is 5.10 Å². The quantitative estimate of drug-likeness (QED) is 0.451. The second kappa shape index (κ2) is 4.66. The van der Waals surface area contributed by atoms with Crippen LogP contribution in [-0.4, -0.2) is 32.3 Å². The Balaban J connectivity index is 2.05. The molecule has 1 aliphatic heterocycles. The average molecular weight is 301 g/mol. The van der Waals surface area contributed by atoms with E-state index in [1.807, 2.05) is 13.8 Å². The summed E-state index contributed by atoms with van der Waals surface area (Å²) in [5.41, 5.74) is 2.72. The van der Waals surface area contributed by atoms with Crippen LogP contribution in [0.5, 0.6) is 0 Å². The topological polar surface area (TPSA) is 82.8 Å². The zero-order chi connectivity index (χ0) is 16.1. The summed E-state index contributed by atoms with van der Waals surface area (Å²) in [6.45, 7) is 6.75. The van der Waals surface area contributed by atoms with E-state index in [0.29, 0.717) is 5.69 Å². The Morgan fingerprint density at radius 2 is 1.82 bits per heavy atom. The summed E-state index contributed by atoms with van der Waals surface area (Å²) in [5.74, 6) is -2.69. The fraction of sp³-hybridized carbons (Fsp3) is 0.333. The molecular weight excluding hydrogens is 286 g/mol. The van der Waals surface area contributed by atoms with Crippen molar-refractivity contribution in [1.82, 2.24) is 14.6 Å². The Morgan fingerprint density at radius 3 is 2.45 bits per heavy atom. The molecular formula is C15H15N3O4. The van der Waals surface area contributed by atoms with Crippen LogP contribution in [0.3, 0.4) is 0 Å². The van der Waals surface area contributed by atoms with Gasteiger partial charge in [-0.25, -0.2) is 19.1 Å². The predicted octanol–water partition coefficient (Wildman–Crippen LogP) is 1.57. The number of imidazole rings is 1. The number of nitrogens with zero attached hydrogens (tertiary/aromatic N) is 3. The van der Waals surface area contributed by atoms with Gasteiger partial charge in [0.1, 0.15) is 5.57 Å². The zero-order valence-electron chi connectivity index (χ0n) is 12.7. The SMILES string of the molecule is Cc1cn2nc(C=C3C(=O)OC(C)(C)OC3=O)cc(C)c2n1. The largest absolute Gasteiger partial charge is 0.419 e. The molecule has 2 aromatic rings. The molecule has 1 fully saturated rings. The van der Waals surface area contributed by atoms with Crippen molar-refractivity contribution in [3.8, 4) is 0 Å². The average Bonchev–Trinajstić information content (AvgIpc) is 2.74. The van der Waals surface area contributed by atoms with Crippen LogP contribution in [0.4, 0.5) is 0 Å². The van der Waals surface area contributed by atoms with Crippen molar-refractivity contribution in [1.29, 1.82) is 0 Å². The number of carbonyl (C=O) groups is 2. The maximum atomic E-state index is 11.9. The molecule has 7 heteroatoms. The second-order valence-electron chi connectivity index (χ2n) is 5.64. The van der Waals surface area contributed by atoms with Gasteiger partial charge in [0.25, 0.3) is 5.79 Å². The van der Waals surface area contributed by atoms with Gasteiger partial charge in [0, 0.05) is 13.8 Å². The number of cyclic esters (lactones) is 2. The fourth-order valence-corrected chi connectivity index (χ4v) is 2.27. The van der Waals surface area contributed by atoms with Crippen LogP contribution >= 0.6 is 0 Å². The number of aryl methyl sites for hydroxylation is 2. The van der Waals surface area contributed by atoms with Gasteiger partial charge >= 0.3 is 11.9 Å². The summed E-state index contributed by atoms with van der Waals surface area (Å²) in [6.07, 6.45) is 3.13. The maximum absolute atomic E-state index is 11.9. The van der Waals surface area contributed by atoms with Gasteiger partial charge < -0.3 is 9.47 Å². The third-order valence-electron chi connectivity index (χ3n) is 3.16. The van der Waals surface area contributed by atoms with Crippen molar-refractivity contribution < 1.29 is 19.1 Å². The minimum absolute atomic E-state index is 0.178. The summed E-state index contributed by atoms with van der Waals surface area (Å²) in [6, 6.07) is 1.75. The lowest BCUT2D eigenvalue weighted by Gasteiger charge is -2.29. The van der Waals surface area contributed by atoms with Crippen LogP contribution in [0.1, 0.15) is 30.8 Å². The van der Waals surface area contributed by atoms with Gasteiger partial charge in [-0.15, -0.1) is 0 Å². The number of fused-ring (bicyclic) bond motifs is 1. The van der Waals surface area contributed by atoms with Crippen molar-refractivity contribution >= 4 is 23.7 Å². The van der Waals surface area contributed by atoms with Crippen LogP contribution in [0.25, 0.3) is 11.7 Å². The Labute approximate surface area is 126 Å². The highest BCUT2D eigenvalue weighted by atomic mass is 16.7. The number of hydrogen-bond donors (Lipinski definition) is 0. The first-order chi connectivity index (χ1) is 10.2. The van der Waals surface area contributed by atoms with E-state index < -0.39 is 17.7 Å². The highest BCUT2D eigenvalue weighted by molar-refractivity contribution is 6.18. The zero-order valence-corrected chi connectivity index (χ0v) is 12.7. The number of ether oxygens (including phenoxy) is 2. The lowest BCUT2D eigenvalue weighted by atomic mass is 10.1. The maximum Gasteiger partial charge on any atom is 0.348 e. The van der Waals surface area contributed by atoms with Crippen LogP contribution in [0.2, 0.25) is 0 Å². The molecule has 0 bridgehead atoms. The second-order valence-corrected chi connectivity index (χ2v) is 5.64. The molecule has 0 aromatic carbocycles. The highest BCUT2D eigenvalue weighted by Crippen LogP contribution is 2.24. The number of rotatable bonds is 1. The van der Waals surface area contributed by atoms with Crippen molar-refractivity contribution in [3.63, 3.8) is 0 Å². The molecule has 0 N–H and O–H groups in total. The molecule has 0 unspecified atom stereocenters. The van der Waals surface area contributed by atoms with E-state index in [-0.39, 0.29) is 5.57 Å². The standard InChI is InChI=1S/C15H15N3O4/c1-8-5-10(17-18-7-9(2)16-12(8)18)6-11-13(19)21-15(3,4)22-14(11)20/h5-7H,1-4H3. The number of aromatic nitrogens is 3. The lowest BCUT2D eigenvalue weighted by Crippen LogP contribution is -2.41. The molecule has 2 aromatic heterocycles. The summed E-state index contributed by atoms with van der Waals surface area (Å²) < 4.78 is 11.7. The third kappa shape index (κ3) is 2.45. The molecule has 0 radical (unpaired) electrons. The van der Waals surface area contributed by atoms with E-state index in [9.17, 15) is 9.59 Å². The van der Waals surface area contributed by atoms with E-state index in [4.69, 9.17) is 9.47 Å². The number of carbonyl (C=O) groups excluding carboxylic acids is 2. The van der Waals surface area contributed by atoms with E-state index in [1.54, 1.807) is 16.8 Å². The molecule has 0 atom stereocenters. The van der Waals surface area contributed by atoms with Gasteiger partial charge in [0.2, 0.25) is 0 Å². The minimum atomic E-state index is -1.25. The molecule has 1 aliphatic rings. The predicted molar refractivity (Wildman–Crippen MR) is 76.7 cm³/mol. The fourth-order valence-electron chi connectivity index (χ4n) is 2.27. The van der Waals surface area contributed by atoms with E-state index in [1.165, 1.54) is 19.9 Å². The Hall–Kier alpha value is -2.70. The van der Waals surface area contributed by atoms with E-state index in [0.717, 1.165) is 16.9 Å². The molecule has 22 heavy (non-hydrogen) atoms. The van der Waals surface area contributed by atoms with Crippen LogP contribution in [0.15, 0.2) is 17.8 Å². The molecule has 1 saturated heterocycles. The molecule has 0 saturated carbocycles. The highest BCUT2D eigenvalue weighted by Gasteiger charge is 2.38. The normalized spacial score (nSPS) is 17.4. The molecule has 0 aliphatic carbocycles. The van der Waals surface area contributed by atoms with E-state index >= 15 is 0 Å². The first-order valence-electron chi connectivity index (χ1n) is 6.77. The van der Waals surface area contributed by atoms with Gasteiger partial charge in [-0.1, -0.05) is 0 Å². The Morgan fingerprint density at radius 1 is 1.18 bits per heavy atom. The Kier molecular flexibility index (Phi) is 3.01. The third-order valence-corrected chi connectivity index (χ3v) is 3.16. The van der Waals surface area contributed by atoms with Crippen LogP contribution in [-0.2, 0) is 19.1 Å². The van der Waals surface area contributed by atoms with Crippen LogP contribution in [0, 0.1) is 13.8 Å². The van der Waals surface area contributed by atoms with Crippen molar-refractivity contribution in [2.24, 2.45) is 0 Å². The van der Waals surface area contributed by atoms with Gasteiger partial charge in [0.15, 0.2) is 5.65 Å². The smallest absolute Gasteiger partial charge is 0.348 e. The van der Waals surface area contributed by atoms with Crippen LogP contribution < -0.4 is 0 Å². The molecule has 0 amide bonds. The lowest BCUT2D eigenvalue weighted by molar-refractivity contribution is -0.222. The molecule has 0 spiro atoms.